The average molecular weight is 214 g/mol. The molecule has 2 aliphatic rings. The van der Waals surface area contributed by atoms with E-state index >= 15 is 0 Å². The van der Waals surface area contributed by atoms with Crippen LogP contribution in [0.1, 0.15) is 32.1 Å². The second-order valence-electron chi connectivity index (χ2n) is 4.50. The molecule has 1 amide bonds. The number of alkyl halides is 1. The van der Waals surface area contributed by atoms with Crippen LogP contribution < -0.4 is 5.32 Å². The first-order valence-electron chi connectivity index (χ1n) is 5.93. The summed E-state index contributed by atoms with van der Waals surface area (Å²) in [7, 11) is 0. The van der Waals surface area contributed by atoms with E-state index in [1.807, 2.05) is 4.90 Å². The topological polar surface area (TPSA) is 32.3 Å². The molecular formula is C11H19FN2O. The van der Waals surface area contributed by atoms with E-state index in [2.05, 4.69) is 5.32 Å². The van der Waals surface area contributed by atoms with Gasteiger partial charge in [-0.25, -0.2) is 4.39 Å². The zero-order chi connectivity index (χ0) is 10.7. The summed E-state index contributed by atoms with van der Waals surface area (Å²) in [5.41, 5.74) is 0. The number of halogens is 1. The average Bonchev–Trinajstić information content (AvgIpc) is 2.30. The number of hydrogen-bond donors (Lipinski definition) is 1. The van der Waals surface area contributed by atoms with Crippen LogP contribution in [0, 0.1) is 0 Å². The fraction of sp³-hybridized carbons (Fsp3) is 0.909. The van der Waals surface area contributed by atoms with Gasteiger partial charge in [0.1, 0.15) is 6.17 Å². The fourth-order valence-electron chi connectivity index (χ4n) is 2.35. The van der Waals surface area contributed by atoms with Gasteiger partial charge in [-0.1, -0.05) is 6.42 Å². The largest absolute Gasteiger partial charge is 0.341 e. The van der Waals surface area contributed by atoms with Crippen LogP contribution in [-0.4, -0.2) is 42.7 Å². The molecule has 4 heteroatoms. The smallest absolute Gasteiger partial charge is 0.239 e. The summed E-state index contributed by atoms with van der Waals surface area (Å²) in [5.74, 6) is 0.182. The third-order valence-electron chi connectivity index (χ3n) is 3.34. The van der Waals surface area contributed by atoms with Gasteiger partial charge in [-0.3, -0.25) is 4.79 Å². The van der Waals surface area contributed by atoms with E-state index in [0.717, 1.165) is 25.8 Å². The van der Waals surface area contributed by atoms with Crippen LogP contribution in [-0.2, 0) is 4.79 Å². The molecule has 0 spiro atoms. The van der Waals surface area contributed by atoms with Crippen molar-refractivity contribution in [3.63, 3.8) is 0 Å². The maximum Gasteiger partial charge on any atom is 0.239 e. The molecule has 0 aromatic carbocycles. The molecule has 0 aliphatic carbocycles. The number of amides is 1. The van der Waals surface area contributed by atoms with E-state index in [1.54, 1.807) is 0 Å². The standard InChI is InChI=1S/C11H19FN2O/c12-9-4-7-14(8-5-9)11(15)10-3-1-2-6-13-10/h9-10,13H,1-8H2/t10-/m0/s1. The van der Waals surface area contributed by atoms with Crippen LogP contribution >= 0.6 is 0 Å². The number of carbonyl (C=O) groups excluding carboxylic acids is 1. The number of likely N-dealkylation sites (tertiary alicyclic amines) is 1. The van der Waals surface area contributed by atoms with E-state index in [-0.39, 0.29) is 11.9 Å². The Balaban J connectivity index is 1.84. The van der Waals surface area contributed by atoms with E-state index < -0.39 is 6.17 Å². The molecule has 2 saturated heterocycles. The Morgan fingerprint density at radius 3 is 2.53 bits per heavy atom. The zero-order valence-corrected chi connectivity index (χ0v) is 9.04. The predicted octanol–water partition coefficient (Wildman–Crippen LogP) is 1.09. The van der Waals surface area contributed by atoms with Gasteiger partial charge in [-0.2, -0.15) is 0 Å². The summed E-state index contributed by atoms with van der Waals surface area (Å²) in [5, 5.41) is 3.24. The SMILES string of the molecule is O=C([C@@H]1CCCCN1)N1CCC(F)CC1. The first-order chi connectivity index (χ1) is 7.27. The third-order valence-corrected chi connectivity index (χ3v) is 3.34. The van der Waals surface area contributed by atoms with Crippen molar-refractivity contribution in [2.75, 3.05) is 19.6 Å². The van der Waals surface area contributed by atoms with Crippen LogP contribution in [0.5, 0.6) is 0 Å². The minimum absolute atomic E-state index is 0.00471. The van der Waals surface area contributed by atoms with Crippen molar-refractivity contribution in [1.82, 2.24) is 10.2 Å². The van der Waals surface area contributed by atoms with Crippen LogP contribution in [0.2, 0.25) is 0 Å². The zero-order valence-electron chi connectivity index (χ0n) is 9.04. The van der Waals surface area contributed by atoms with Crippen molar-refractivity contribution >= 4 is 5.91 Å². The van der Waals surface area contributed by atoms with Crippen LogP contribution in [0.15, 0.2) is 0 Å². The summed E-state index contributed by atoms with van der Waals surface area (Å²) in [6, 6.07) is -0.00471. The van der Waals surface area contributed by atoms with Gasteiger partial charge in [0.25, 0.3) is 0 Å². The number of hydrogen-bond acceptors (Lipinski definition) is 2. The molecule has 0 bridgehead atoms. The number of nitrogens with zero attached hydrogens (tertiary/aromatic N) is 1. The Bertz CT molecular complexity index is 221. The Labute approximate surface area is 90.0 Å². The molecule has 15 heavy (non-hydrogen) atoms. The van der Waals surface area contributed by atoms with Crippen LogP contribution in [0.25, 0.3) is 0 Å². The number of piperidine rings is 2. The van der Waals surface area contributed by atoms with Crippen molar-refractivity contribution in [2.24, 2.45) is 0 Å². The van der Waals surface area contributed by atoms with Gasteiger partial charge in [-0.15, -0.1) is 0 Å². The Morgan fingerprint density at radius 2 is 1.93 bits per heavy atom. The lowest BCUT2D eigenvalue weighted by atomic mass is 10.0. The lowest BCUT2D eigenvalue weighted by Crippen LogP contribution is -2.50. The highest BCUT2D eigenvalue weighted by molar-refractivity contribution is 5.82. The minimum Gasteiger partial charge on any atom is -0.341 e. The minimum atomic E-state index is -0.701. The summed E-state index contributed by atoms with van der Waals surface area (Å²) in [6.45, 7) is 2.13. The lowest BCUT2D eigenvalue weighted by molar-refractivity contribution is -0.135. The van der Waals surface area contributed by atoms with E-state index in [9.17, 15) is 9.18 Å². The molecule has 2 fully saturated rings. The lowest BCUT2D eigenvalue weighted by Gasteiger charge is -2.33. The van der Waals surface area contributed by atoms with Crippen LogP contribution in [0.3, 0.4) is 0 Å². The molecule has 86 valence electrons. The van der Waals surface area contributed by atoms with Gasteiger partial charge in [0.2, 0.25) is 5.91 Å². The van der Waals surface area contributed by atoms with E-state index in [0.29, 0.717) is 25.9 Å². The van der Waals surface area contributed by atoms with Crippen molar-refractivity contribution < 1.29 is 9.18 Å². The monoisotopic (exact) mass is 214 g/mol. The number of nitrogens with one attached hydrogen (secondary N) is 1. The van der Waals surface area contributed by atoms with Gasteiger partial charge in [-0.05, 0) is 32.2 Å². The molecule has 0 unspecified atom stereocenters. The second kappa shape index (κ2) is 4.92. The highest BCUT2D eigenvalue weighted by Gasteiger charge is 2.28. The molecular weight excluding hydrogens is 195 g/mol. The van der Waals surface area contributed by atoms with Gasteiger partial charge in [0.05, 0.1) is 6.04 Å². The number of rotatable bonds is 1. The molecule has 2 heterocycles. The molecule has 3 nitrogen and oxygen atoms in total. The highest BCUT2D eigenvalue weighted by atomic mass is 19.1. The first kappa shape index (κ1) is 10.9. The Morgan fingerprint density at radius 1 is 1.20 bits per heavy atom. The first-order valence-corrected chi connectivity index (χ1v) is 5.93. The van der Waals surface area contributed by atoms with Gasteiger partial charge >= 0.3 is 0 Å². The molecule has 0 saturated carbocycles. The molecule has 1 atom stereocenters. The molecule has 0 aromatic rings. The summed E-state index contributed by atoms with van der Waals surface area (Å²) in [4.78, 5) is 13.8. The summed E-state index contributed by atoms with van der Waals surface area (Å²) < 4.78 is 12.9. The molecule has 2 rings (SSSR count). The van der Waals surface area contributed by atoms with Crippen LogP contribution in [0.4, 0.5) is 4.39 Å². The molecule has 1 N–H and O–H groups in total. The highest BCUT2D eigenvalue weighted by Crippen LogP contribution is 2.16. The molecule has 2 aliphatic heterocycles. The molecule has 0 radical (unpaired) electrons. The predicted molar refractivity (Wildman–Crippen MR) is 56.4 cm³/mol. The maximum atomic E-state index is 12.9. The van der Waals surface area contributed by atoms with Crippen molar-refractivity contribution in [1.29, 1.82) is 0 Å². The normalized spacial score (nSPS) is 29.1. The van der Waals surface area contributed by atoms with E-state index in [1.165, 1.54) is 0 Å². The Kier molecular flexibility index (Phi) is 3.57. The Hall–Kier alpha value is -0.640. The maximum absolute atomic E-state index is 12.9. The quantitative estimate of drug-likeness (QED) is 0.708. The fourth-order valence-corrected chi connectivity index (χ4v) is 2.35. The van der Waals surface area contributed by atoms with Crippen molar-refractivity contribution in [3.05, 3.63) is 0 Å². The van der Waals surface area contributed by atoms with Gasteiger partial charge in [0.15, 0.2) is 0 Å². The van der Waals surface area contributed by atoms with Crippen molar-refractivity contribution in [2.45, 2.75) is 44.3 Å². The van der Waals surface area contributed by atoms with E-state index in [4.69, 9.17) is 0 Å². The third kappa shape index (κ3) is 2.68. The summed E-state index contributed by atoms with van der Waals surface area (Å²) >= 11 is 0. The van der Waals surface area contributed by atoms with Gasteiger partial charge in [0, 0.05) is 13.1 Å². The summed E-state index contributed by atoms with van der Waals surface area (Å²) in [6.07, 6.45) is 3.55. The van der Waals surface area contributed by atoms with Gasteiger partial charge < -0.3 is 10.2 Å². The van der Waals surface area contributed by atoms with Crippen molar-refractivity contribution in [3.8, 4) is 0 Å². The number of carbonyl (C=O) groups is 1. The second-order valence-corrected chi connectivity index (χ2v) is 4.50. The molecule has 0 aromatic heterocycles.